The van der Waals surface area contributed by atoms with Gasteiger partial charge in [0.1, 0.15) is 38.5 Å². The number of quaternary nitrogens is 2. The molecule has 82 heavy (non-hydrogen) atoms. The van der Waals surface area contributed by atoms with E-state index < -0.39 is 24.4 Å². The quantitative estimate of drug-likeness (QED) is 0.0197. The van der Waals surface area contributed by atoms with Gasteiger partial charge in [0, 0.05) is 39.8 Å². The van der Waals surface area contributed by atoms with Crippen molar-refractivity contribution in [2.75, 3.05) is 80.7 Å². The van der Waals surface area contributed by atoms with Crippen LogP contribution in [-0.2, 0) is 47.7 Å². The van der Waals surface area contributed by atoms with Crippen molar-refractivity contribution in [3.8, 4) is 0 Å². The number of aliphatic hydroxyl groups excluding tert-OH is 2. The maximum absolute atomic E-state index is 12.8. The highest BCUT2D eigenvalue weighted by Gasteiger charge is 2.29. The molecule has 18 heteroatoms. The minimum absolute atomic E-state index is 0. The molecule has 0 aliphatic carbocycles. The smallest absolute Gasteiger partial charge is 0.362 e. The summed E-state index contributed by atoms with van der Waals surface area (Å²) in [5.41, 5.74) is 0. The number of esters is 4. The molecule has 4 atom stereocenters. The standard InChI is InChI=1S/C64H118N4O12.2ClH/c1-9-11-33-43-59(79-63(75)53-67(5,6)49-51-77-55(3)69)57(71)41-35-27-21-15-17-23-29-37-45-61(73)65-47-39-31-25-19-13-14-20-26-32-40-48-66-62(74)46-38-30-24-18-16-22-28-36-42-58(72)60(44-34-12-10-2)80-64(76)54-68(7,8)50-52-78-56(4)70;;/h27-28,35-36,57-60,71-72H,9-26,29-34,37-54H2,1-8H3;2*1H. The Morgan fingerprint density at radius 3 is 1.09 bits per heavy atom. The molecule has 0 aromatic carbocycles. The van der Waals surface area contributed by atoms with Crippen molar-refractivity contribution < 1.29 is 91.7 Å². The van der Waals surface area contributed by atoms with Crippen molar-refractivity contribution in [2.45, 2.75) is 270 Å². The van der Waals surface area contributed by atoms with Gasteiger partial charge in [-0.05, 0) is 89.9 Å². The number of allylic oxidation sites excluding steroid dienone is 2. The Hall–Kier alpha value is -3.28. The highest BCUT2D eigenvalue weighted by Crippen LogP contribution is 2.18. The fourth-order valence-corrected chi connectivity index (χ4v) is 9.46. The Bertz CT molecular complexity index is 1550. The molecule has 0 saturated carbocycles. The van der Waals surface area contributed by atoms with Crippen molar-refractivity contribution in [2.24, 2.45) is 0 Å². The first-order chi connectivity index (χ1) is 38.3. The van der Waals surface area contributed by atoms with Crippen LogP contribution in [0.25, 0.3) is 0 Å². The van der Waals surface area contributed by atoms with E-state index >= 15 is 0 Å². The Morgan fingerprint density at radius 2 is 0.756 bits per heavy atom. The number of nitrogens with zero attached hydrogens (tertiary/aromatic N) is 2. The number of ether oxygens (including phenoxy) is 4. The summed E-state index contributed by atoms with van der Waals surface area (Å²) in [6.45, 7) is 10.2. The molecule has 0 heterocycles. The Morgan fingerprint density at radius 1 is 0.439 bits per heavy atom. The summed E-state index contributed by atoms with van der Waals surface area (Å²) in [4.78, 5) is 72.4. The number of carbonyl (C=O) groups is 6. The van der Waals surface area contributed by atoms with E-state index in [2.05, 4.69) is 36.6 Å². The molecule has 16 nitrogen and oxygen atoms in total. The third-order valence-electron chi connectivity index (χ3n) is 14.6. The summed E-state index contributed by atoms with van der Waals surface area (Å²) in [5, 5.41) is 28.0. The van der Waals surface area contributed by atoms with Crippen molar-refractivity contribution >= 4 is 35.7 Å². The first-order valence-corrected chi connectivity index (χ1v) is 31.8. The molecule has 2 amide bonds. The zero-order valence-corrected chi connectivity index (χ0v) is 54.5. The van der Waals surface area contributed by atoms with Gasteiger partial charge in [-0.3, -0.25) is 19.2 Å². The lowest BCUT2D eigenvalue weighted by Crippen LogP contribution is -3.00. The summed E-state index contributed by atoms with van der Waals surface area (Å²) in [6, 6.07) is 0. The SMILES string of the molecule is CCCCCC(OC(=O)C[N+](C)(C)CCOC(C)=O)C(O)CC=CCCCCCCCC(=O)NCCCCCCCCCCCCNC(=O)CCCCCCCC=CCC(O)C(CCCCC)OC(=O)C[N+](C)(C)CCOC(C)=O.[Cl-].[Cl-]. The number of hydrogen-bond donors (Lipinski definition) is 4. The first kappa shape index (κ1) is 82.9. The molecule has 0 rings (SSSR count). The van der Waals surface area contributed by atoms with E-state index in [0.717, 1.165) is 154 Å². The number of aliphatic hydroxyl groups is 2. The van der Waals surface area contributed by atoms with Gasteiger partial charge in [0.2, 0.25) is 11.8 Å². The zero-order chi connectivity index (χ0) is 59.5. The minimum Gasteiger partial charge on any atom is -1.00 e. The number of nitrogens with one attached hydrogen (secondary N) is 2. The molecule has 0 bridgehead atoms. The number of amides is 2. The number of unbranched alkanes of at least 4 members (excludes halogenated alkanes) is 23. The molecule has 0 radical (unpaired) electrons. The van der Waals surface area contributed by atoms with E-state index in [1.165, 1.54) is 52.4 Å². The highest BCUT2D eigenvalue weighted by molar-refractivity contribution is 5.76. The first-order valence-electron chi connectivity index (χ1n) is 31.8. The average molecular weight is 1210 g/mol. The van der Waals surface area contributed by atoms with Gasteiger partial charge in [0.25, 0.3) is 0 Å². The molecule has 0 aliphatic rings. The number of likely N-dealkylation sites (N-methyl/N-ethyl adjacent to an activating group) is 2. The largest absolute Gasteiger partial charge is 1.00 e. The van der Waals surface area contributed by atoms with Gasteiger partial charge in [-0.1, -0.05) is 154 Å². The Balaban J connectivity index is -0.0000312. The fourth-order valence-electron chi connectivity index (χ4n) is 9.46. The number of halogens is 2. The molecular weight excluding hydrogens is 1090 g/mol. The predicted octanol–water partition coefficient (Wildman–Crippen LogP) is 5.47. The van der Waals surface area contributed by atoms with Crippen LogP contribution in [0.4, 0.5) is 0 Å². The Kier molecular flexibility index (Phi) is 56.2. The lowest BCUT2D eigenvalue weighted by molar-refractivity contribution is -0.883. The summed E-state index contributed by atoms with van der Waals surface area (Å²) >= 11 is 0. The maximum Gasteiger partial charge on any atom is 0.362 e. The zero-order valence-electron chi connectivity index (χ0n) is 52.9. The van der Waals surface area contributed by atoms with Crippen LogP contribution < -0.4 is 35.4 Å². The summed E-state index contributed by atoms with van der Waals surface area (Å²) in [6.07, 6.45) is 38.9. The van der Waals surface area contributed by atoms with Crippen LogP contribution in [0.3, 0.4) is 0 Å². The van der Waals surface area contributed by atoms with Crippen LogP contribution in [0, 0.1) is 0 Å². The molecule has 0 aliphatic heterocycles. The van der Waals surface area contributed by atoms with Crippen LogP contribution >= 0.6 is 0 Å². The second-order valence-electron chi connectivity index (χ2n) is 23.8. The second-order valence-corrected chi connectivity index (χ2v) is 23.8. The predicted molar refractivity (Wildman–Crippen MR) is 321 cm³/mol. The van der Waals surface area contributed by atoms with Crippen LogP contribution in [0.2, 0.25) is 0 Å². The van der Waals surface area contributed by atoms with Crippen LogP contribution in [-0.4, -0.2) is 160 Å². The summed E-state index contributed by atoms with van der Waals surface area (Å²) in [7, 11) is 7.56. The van der Waals surface area contributed by atoms with E-state index in [4.69, 9.17) is 18.9 Å². The molecule has 482 valence electrons. The molecule has 0 spiro atoms. The van der Waals surface area contributed by atoms with Gasteiger partial charge < -0.3 is 73.6 Å². The minimum atomic E-state index is -0.756. The molecule has 0 aromatic rings. The lowest BCUT2D eigenvalue weighted by atomic mass is 10.0. The maximum atomic E-state index is 12.8. The Labute approximate surface area is 511 Å². The van der Waals surface area contributed by atoms with Gasteiger partial charge in [-0.25, -0.2) is 9.59 Å². The van der Waals surface area contributed by atoms with Gasteiger partial charge in [0.05, 0.1) is 40.4 Å². The monoisotopic (exact) mass is 1210 g/mol. The third-order valence-corrected chi connectivity index (χ3v) is 14.6. The number of carbonyl (C=O) groups excluding carboxylic acids is 6. The third kappa shape index (κ3) is 54.6. The van der Waals surface area contributed by atoms with E-state index in [-0.39, 0.29) is 86.8 Å². The fraction of sp³-hybridized carbons (Fsp3) is 0.844. The van der Waals surface area contributed by atoms with Gasteiger partial charge in [-0.15, -0.1) is 0 Å². The van der Waals surface area contributed by atoms with Gasteiger partial charge >= 0.3 is 23.9 Å². The lowest BCUT2D eigenvalue weighted by Gasteiger charge is -2.30. The highest BCUT2D eigenvalue weighted by atomic mass is 35.5. The second kappa shape index (κ2) is 55.6. The number of hydrogen-bond acceptors (Lipinski definition) is 12. The van der Waals surface area contributed by atoms with Crippen LogP contribution in [0.1, 0.15) is 246 Å². The van der Waals surface area contributed by atoms with Gasteiger partial charge in [0.15, 0.2) is 13.1 Å². The van der Waals surface area contributed by atoms with Crippen LogP contribution in [0.15, 0.2) is 24.3 Å². The van der Waals surface area contributed by atoms with Crippen molar-refractivity contribution in [1.82, 2.24) is 10.6 Å². The van der Waals surface area contributed by atoms with E-state index in [9.17, 15) is 39.0 Å². The van der Waals surface area contributed by atoms with E-state index in [0.29, 0.717) is 60.6 Å². The van der Waals surface area contributed by atoms with Crippen LogP contribution in [0.5, 0.6) is 0 Å². The molecule has 4 N–H and O–H groups in total. The average Bonchev–Trinajstić information content (AvgIpc) is 3.38. The van der Waals surface area contributed by atoms with Crippen molar-refractivity contribution in [1.29, 1.82) is 0 Å². The molecule has 4 unspecified atom stereocenters. The summed E-state index contributed by atoms with van der Waals surface area (Å²) < 4.78 is 22.3. The molecule has 0 fully saturated rings. The molecular formula is C64H120Cl2N4O12. The van der Waals surface area contributed by atoms with Crippen molar-refractivity contribution in [3.05, 3.63) is 24.3 Å². The van der Waals surface area contributed by atoms with Gasteiger partial charge in [-0.2, -0.15) is 0 Å². The topological polar surface area (TPSA) is 204 Å². The normalized spacial score (nSPS) is 13.1. The summed E-state index contributed by atoms with van der Waals surface area (Å²) in [5.74, 6) is -1.09. The van der Waals surface area contributed by atoms with E-state index in [1.807, 2.05) is 40.3 Å². The molecule has 0 aromatic heterocycles. The molecule has 0 saturated heterocycles. The number of rotatable bonds is 55. The van der Waals surface area contributed by atoms with E-state index in [1.54, 1.807) is 0 Å². The van der Waals surface area contributed by atoms with Crippen molar-refractivity contribution in [3.63, 3.8) is 0 Å².